The zero-order valence-corrected chi connectivity index (χ0v) is 19.3. The topological polar surface area (TPSA) is 93.1 Å². The fourth-order valence-corrected chi connectivity index (χ4v) is 4.11. The summed E-state index contributed by atoms with van der Waals surface area (Å²) in [6.07, 6.45) is 0. The normalized spacial score (nSPS) is 15.1. The van der Waals surface area contributed by atoms with Crippen molar-refractivity contribution in [1.29, 1.82) is 0 Å². The van der Waals surface area contributed by atoms with E-state index in [1.165, 1.54) is 0 Å². The molecule has 2 heterocycles. The number of ether oxygens (including phenoxy) is 5. The van der Waals surface area contributed by atoms with Gasteiger partial charge in [0.15, 0.2) is 11.5 Å². The molecule has 9 heteroatoms. The fourth-order valence-electron chi connectivity index (χ4n) is 4.11. The number of nitrogens with zero attached hydrogens (tertiary/aromatic N) is 2. The van der Waals surface area contributed by atoms with Gasteiger partial charge in [0, 0.05) is 24.4 Å². The summed E-state index contributed by atoms with van der Waals surface area (Å²) in [5, 5.41) is 3.26. The zero-order chi connectivity index (χ0) is 23.5. The zero-order valence-electron chi connectivity index (χ0n) is 19.3. The number of aromatic nitrogens is 2. The van der Waals surface area contributed by atoms with E-state index >= 15 is 0 Å². The number of hydrogen-bond donors (Lipinski definition) is 1. The summed E-state index contributed by atoms with van der Waals surface area (Å²) in [5.74, 6) is 1.69. The van der Waals surface area contributed by atoms with Gasteiger partial charge in [-0.2, -0.15) is 0 Å². The van der Waals surface area contributed by atoms with Gasteiger partial charge >= 0.3 is 5.97 Å². The Morgan fingerprint density at radius 3 is 2.55 bits per heavy atom. The predicted octanol–water partition coefficient (Wildman–Crippen LogP) is 3.54. The monoisotopic (exact) mass is 453 g/mol. The van der Waals surface area contributed by atoms with Crippen LogP contribution in [0.25, 0.3) is 11.0 Å². The van der Waals surface area contributed by atoms with E-state index in [0.717, 1.165) is 11.0 Å². The van der Waals surface area contributed by atoms with Crippen LogP contribution < -0.4 is 19.5 Å². The van der Waals surface area contributed by atoms with E-state index in [-0.39, 0.29) is 6.61 Å². The standard InChI is InChI=1S/C24H27N3O6/c1-14-20(23(28)33-11-10-29-2)21(16-12-15(30-3)13-19(31-4)22(16)32-5)27-18-9-7-6-8-17(18)26-24(27)25-14/h6-9,12-13,21H,10-11H2,1-5H3,(H,25,26)/t21-/m1/s1. The molecular formula is C24H27N3O6. The SMILES string of the molecule is COCCOC(=O)C1=C(C)Nc2nc3ccccc3n2[C@@H]1c1cc(OC)cc(OC)c1OC. The number of hydrogen-bond acceptors (Lipinski definition) is 8. The summed E-state index contributed by atoms with van der Waals surface area (Å²) in [4.78, 5) is 18.1. The summed E-state index contributed by atoms with van der Waals surface area (Å²) in [7, 11) is 6.25. The summed E-state index contributed by atoms with van der Waals surface area (Å²) in [5.41, 5.74) is 3.38. The maximum Gasteiger partial charge on any atom is 0.338 e. The molecule has 1 atom stereocenters. The van der Waals surface area contributed by atoms with Gasteiger partial charge in [0.2, 0.25) is 5.95 Å². The molecule has 0 saturated carbocycles. The first kappa shape index (κ1) is 22.5. The quantitative estimate of drug-likeness (QED) is 0.409. The lowest BCUT2D eigenvalue weighted by Gasteiger charge is -2.31. The minimum absolute atomic E-state index is 0.134. The highest BCUT2D eigenvalue weighted by Crippen LogP contribution is 2.46. The lowest BCUT2D eigenvalue weighted by molar-refractivity contribution is -0.140. The van der Waals surface area contributed by atoms with Crippen LogP contribution in [0.15, 0.2) is 47.7 Å². The summed E-state index contributed by atoms with van der Waals surface area (Å²) in [6, 6.07) is 10.7. The van der Waals surface area contributed by atoms with E-state index in [1.807, 2.05) is 41.8 Å². The highest BCUT2D eigenvalue weighted by molar-refractivity contribution is 5.94. The Labute approximate surface area is 191 Å². The molecule has 1 N–H and O–H groups in total. The summed E-state index contributed by atoms with van der Waals surface area (Å²) in [6.45, 7) is 2.26. The number of imidazole rings is 1. The number of rotatable bonds is 8. The first-order valence-corrected chi connectivity index (χ1v) is 10.4. The molecule has 4 rings (SSSR count). The number of allylic oxidation sites excluding steroid dienone is 1. The lowest BCUT2D eigenvalue weighted by Crippen LogP contribution is -2.29. The number of carbonyl (C=O) groups is 1. The molecule has 174 valence electrons. The van der Waals surface area contributed by atoms with Gasteiger partial charge in [-0.25, -0.2) is 9.78 Å². The molecular weight excluding hydrogens is 426 g/mol. The first-order valence-electron chi connectivity index (χ1n) is 10.4. The molecule has 2 aromatic carbocycles. The highest BCUT2D eigenvalue weighted by atomic mass is 16.6. The van der Waals surface area contributed by atoms with Gasteiger partial charge in [-0.1, -0.05) is 12.1 Å². The molecule has 1 aliphatic heterocycles. The van der Waals surface area contributed by atoms with E-state index in [4.69, 9.17) is 28.7 Å². The number of esters is 1. The van der Waals surface area contributed by atoms with Crippen molar-refractivity contribution in [2.45, 2.75) is 13.0 Å². The minimum atomic E-state index is -0.609. The van der Waals surface area contributed by atoms with Crippen molar-refractivity contribution in [3.8, 4) is 17.2 Å². The van der Waals surface area contributed by atoms with Crippen LogP contribution in [0, 0.1) is 0 Å². The second-order valence-electron chi connectivity index (χ2n) is 7.44. The summed E-state index contributed by atoms with van der Waals surface area (Å²) < 4.78 is 29.4. The average molecular weight is 453 g/mol. The second-order valence-corrected chi connectivity index (χ2v) is 7.44. The molecule has 1 aliphatic rings. The Morgan fingerprint density at radius 1 is 1.06 bits per heavy atom. The van der Waals surface area contributed by atoms with E-state index < -0.39 is 12.0 Å². The average Bonchev–Trinajstić information content (AvgIpc) is 3.20. The van der Waals surface area contributed by atoms with Crippen molar-refractivity contribution in [3.05, 3.63) is 53.2 Å². The van der Waals surface area contributed by atoms with Crippen molar-refractivity contribution in [2.75, 3.05) is 47.0 Å². The van der Waals surface area contributed by atoms with Crippen LogP contribution in [-0.2, 0) is 14.3 Å². The molecule has 9 nitrogen and oxygen atoms in total. The Balaban J connectivity index is 1.99. The molecule has 33 heavy (non-hydrogen) atoms. The van der Waals surface area contributed by atoms with Gasteiger partial charge in [0.05, 0.1) is 44.5 Å². The molecule has 0 spiro atoms. The van der Waals surface area contributed by atoms with Gasteiger partial charge in [-0.15, -0.1) is 0 Å². The number of carbonyl (C=O) groups excluding carboxylic acids is 1. The van der Waals surface area contributed by atoms with Crippen molar-refractivity contribution >= 4 is 23.0 Å². The van der Waals surface area contributed by atoms with Crippen LogP contribution >= 0.6 is 0 Å². The fraction of sp³-hybridized carbons (Fsp3) is 0.333. The third-order valence-corrected chi connectivity index (χ3v) is 5.58. The van der Waals surface area contributed by atoms with Crippen LogP contribution in [0.3, 0.4) is 0 Å². The van der Waals surface area contributed by atoms with Crippen molar-refractivity contribution < 1.29 is 28.5 Å². The van der Waals surface area contributed by atoms with Crippen LogP contribution in [0.1, 0.15) is 18.5 Å². The number of anilines is 1. The Morgan fingerprint density at radius 2 is 1.85 bits per heavy atom. The Hall–Kier alpha value is -3.72. The van der Waals surface area contributed by atoms with Gasteiger partial charge in [-0.05, 0) is 25.1 Å². The molecule has 0 amide bonds. The molecule has 0 fully saturated rings. The largest absolute Gasteiger partial charge is 0.497 e. The number of fused-ring (bicyclic) bond motifs is 3. The molecule has 0 radical (unpaired) electrons. The van der Waals surface area contributed by atoms with Crippen LogP contribution in [0.4, 0.5) is 5.95 Å². The number of para-hydroxylation sites is 2. The van der Waals surface area contributed by atoms with Gasteiger partial charge < -0.3 is 29.0 Å². The van der Waals surface area contributed by atoms with Crippen LogP contribution in [0.2, 0.25) is 0 Å². The van der Waals surface area contributed by atoms with E-state index in [0.29, 0.717) is 46.6 Å². The number of methoxy groups -OCH3 is 4. The van der Waals surface area contributed by atoms with Crippen molar-refractivity contribution in [2.24, 2.45) is 0 Å². The van der Waals surface area contributed by atoms with Crippen molar-refractivity contribution in [3.63, 3.8) is 0 Å². The third-order valence-electron chi connectivity index (χ3n) is 5.58. The molecule has 0 aliphatic carbocycles. The van der Waals surface area contributed by atoms with E-state index in [9.17, 15) is 4.79 Å². The molecule has 0 unspecified atom stereocenters. The summed E-state index contributed by atoms with van der Waals surface area (Å²) >= 11 is 0. The Bertz CT molecular complexity index is 1220. The maximum atomic E-state index is 13.3. The highest BCUT2D eigenvalue weighted by Gasteiger charge is 2.37. The first-order chi connectivity index (χ1) is 16.0. The van der Waals surface area contributed by atoms with Crippen molar-refractivity contribution in [1.82, 2.24) is 9.55 Å². The van der Waals surface area contributed by atoms with Gasteiger partial charge in [0.25, 0.3) is 0 Å². The van der Waals surface area contributed by atoms with E-state index in [1.54, 1.807) is 34.5 Å². The molecule has 0 saturated heterocycles. The molecule has 3 aromatic rings. The van der Waals surface area contributed by atoms with Crippen LogP contribution in [0.5, 0.6) is 17.2 Å². The number of benzene rings is 2. The third kappa shape index (κ3) is 3.95. The number of nitrogens with one attached hydrogen (secondary N) is 1. The van der Waals surface area contributed by atoms with Gasteiger partial charge in [-0.3, -0.25) is 4.57 Å². The Kier molecular flexibility index (Phi) is 6.41. The lowest BCUT2D eigenvalue weighted by atomic mass is 9.93. The van der Waals surface area contributed by atoms with Gasteiger partial charge in [0.1, 0.15) is 18.4 Å². The minimum Gasteiger partial charge on any atom is -0.497 e. The molecule has 1 aromatic heterocycles. The van der Waals surface area contributed by atoms with Crippen LogP contribution in [-0.4, -0.2) is 57.2 Å². The smallest absolute Gasteiger partial charge is 0.338 e. The second kappa shape index (κ2) is 9.41. The molecule has 0 bridgehead atoms. The maximum absolute atomic E-state index is 13.3. The van der Waals surface area contributed by atoms with E-state index in [2.05, 4.69) is 5.32 Å². The predicted molar refractivity (Wildman–Crippen MR) is 123 cm³/mol.